The summed E-state index contributed by atoms with van der Waals surface area (Å²) in [4.78, 5) is 4.38. The summed E-state index contributed by atoms with van der Waals surface area (Å²) in [6.07, 6.45) is 0. The molecule has 0 bridgehead atoms. The summed E-state index contributed by atoms with van der Waals surface area (Å²) in [7, 11) is 0. The molecule has 1 N–H and O–H groups in total. The summed E-state index contributed by atoms with van der Waals surface area (Å²) in [5, 5.41) is 3.14. The van der Waals surface area contributed by atoms with Gasteiger partial charge in [0.1, 0.15) is 5.52 Å². The van der Waals surface area contributed by atoms with Gasteiger partial charge in [0.25, 0.3) is 6.01 Å². The second kappa shape index (κ2) is 4.46. The van der Waals surface area contributed by atoms with Gasteiger partial charge in [-0.1, -0.05) is 22.0 Å². The fourth-order valence-corrected chi connectivity index (χ4v) is 2.01. The van der Waals surface area contributed by atoms with Gasteiger partial charge in [0.05, 0.1) is 0 Å². The first kappa shape index (κ1) is 11.3. The number of oxazole rings is 1. The Labute approximate surface area is 113 Å². The van der Waals surface area contributed by atoms with Crippen LogP contribution in [0.5, 0.6) is 0 Å². The highest BCUT2D eigenvalue weighted by atomic mass is 79.9. The van der Waals surface area contributed by atoms with E-state index in [1.807, 2.05) is 49.4 Å². The van der Waals surface area contributed by atoms with Crippen molar-refractivity contribution in [3.63, 3.8) is 0 Å². The number of hydrogen-bond acceptors (Lipinski definition) is 3. The van der Waals surface area contributed by atoms with Crippen molar-refractivity contribution in [2.45, 2.75) is 6.92 Å². The Morgan fingerprint density at radius 3 is 2.67 bits per heavy atom. The summed E-state index contributed by atoms with van der Waals surface area (Å²) in [5.74, 6) is 0. The fraction of sp³-hybridized carbons (Fsp3) is 0.0714. The van der Waals surface area contributed by atoms with Crippen molar-refractivity contribution in [1.29, 1.82) is 0 Å². The molecule has 4 heteroatoms. The highest BCUT2D eigenvalue weighted by molar-refractivity contribution is 9.10. The zero-order valence-corrected chi connectivity index (χ0v) is 11.4. The minimum Gasteiger partial charge on any atom is -0.423 e. The topological polar surface area (TPSA) is 38.1 Å². The van der Waals surface area contributed by atoms with Crippen LogP contribution in [0.2, 0.25) is 0 Å². The van der Waals surface area contributed by atoms with E-state index in [1.54, 1.807) is 0 Å². The lowest BCUT2D eigenvalue weighted by Crippen LogP contribution is -1.88. The minimum atomic E-state index is 0.512. The van der Waals surface area contributed by atoms with Crippen LogP contribution in [-0.2, 0) is 0 Å². The third-order valence-electron chi connectivity index (χ3n) is 2.64. The van der Waals surface area contributed by atoms with Gasteiger partial charge >= 0.3 is 0 Å². The standard InChI is InChI=1S/C14H11BrN2O/c1-9-2-7-12-13(8-9)18-14(17-12)16-11-5-3-10(15)4-6-11/h2-8H,1H3,(H,16,17). The molecule has 3 nitrogen and oxygen atoms in total. The third kappa shape index (κ3) is 2.24. The second-order valence-electron chi connectivity index (χ2n) is 4.12. The molecule has 0 unspecified atom stereocenters. The van der Waals surface area contributed by atoms with Crippen LogP contribution in [0, 0.1) is 6.92 Å². The fourth-order valence-electron chi connectivity index (χ4n) is 1.74. The molecule has 0 spiro atoms. The van der Waals surface area contributed by atoms with Crippen molar-refractivity contribution < 1.29 is 4.42 Å². The van der Waals surface area contributed by atoms with Crippen molar-refractivity contribution in [2.24, 2.45) is 0 Å². The van der Waals surface area contributed by atoms with E-state index in [2.05, 4.69) is 26.2 Å². The van der Waals surface area contributed by atoms with Crippen molar-refractivity contribution >= 4 is 38.7 Å². The number of aryl methyl sites for hydroxylation is 1. The Kier molecular flexibility index (Phi) is 2.80. The molecule has 3 rings (SSSR count). The number of hydrogen-bond donors (Lipinski definition) is 1. The number of benzene rings is 2. The van der Waals surface area contributed by atoms with E-state index in [9.17, 15) is 0 Å². The number of nitrogens with one attached hydrogen (secondary N) is 1. The predicted octanol–water partition coefficient (Wildman–Crippen LogP) is 4.64. The van der Waals surface area contributed by atoms with E-state index in [4.69, 9.17) is 4.42 Å². The number of halogens is 1. The first-order valence-electron chi connectivity index (χ1n) is 5.60. The van der Waals surface area contributed by atoms with E-state index >= 15 is 0 Å². The number of aromatic nitrogens is 1. The summed E-state index contributed by atoms with van der Waals surface area (Å²) in [5.41, 5.74) is 3.77. The largest absolute Gasteiger partial charge is 0.423 e. The first-order valence-corrected chi connectivity index (χ1v) is 6.40. The quantitative estimate of drug-likeness (QED) is 0.749. The SMILES string of the molecule is Cc1ccc2nc(Nc3ccc(Br)cc3)oc2c1. The maximum absolute atomic E-state index is 5.65. The van der Waals surface area contributed by atoms with Gasteiger partial charge < -0.3 is 9.73 Å². The molecule has 1 aromatic heterocycles. The van der Waals surface area contributed by atoms with Gasteiger partial charge in [0.15, 0.2) is 5.58 Å². The van der Waals surface area contributed by atoms with Crippen LogP contribution in [0.1, 0.15) is 5.56 Å². The molecule has 0 saturated heterocycles. The van der Waals surface area contributed by atoms with Crippen LogP contribution in [0.4, 0.5) is 11.7 Å². The Morgan fingerprint density at radius 1 is 1.11 bits per heavy atom. The summed E-state index contributed by atoms with van der Waals surface area (Å²) >= 11 is 3.40. The lowest BCUT2D eigenvalue weighted by atomic mass is 10.2. The van der Waals surface area contributed by atoms with E-state index < -0.39 is 0 Å². The molecule has 3 aromatic rings. The summed E-state index contributed by atoms with van der Waals surface area (Å²) in [6, 6.07) is 14.3. The second-order valence-corrected chi connectivity index (χ2v) is 5.04. The molecule has 0 aliphatic carbocycles. The normalized spacial score (nSPS) is 10.8. The predicted molar refractivity (Wildman–Crippen MR) is 76.2 cm³/mol. The van der Waals surface area contributed by atoms with Crippen LogP contribution in [0.15, 0.2) is 51.4 Å². The first-order chi connectivity index (χ1) is 8.70. The van der Waals surface area contributed by atoms with Gasteiger partial charge in [-0.3, -0.25) is 0 Å². The lowest BCUT2D eigenvalue weighted by Gasteiger charge is -2.00. The monoisotopic (exact) mass is 302 g/mol. The van der Waals surface area contributed by atoms with Crippen molar-refractivity contribution in [3.8, 4) is 0 Å². The van der Waals surface area contributed by atoms with Crippen LogP contribution in [0.25, 0.3) is 11.1 Å². The number of anilines is 2. The third-order valence-corrected chi connectivity index (χ3v) is 3.17. The molecule has 0 radical (unpaired) electrons. The molecule has 0 fully saturated rings. The van der Waals surface area contributed by atoms with Gasteiger partial charge in [-0.15, -0.1) is 0 Å². The average Bonchev–Trinajstić information content (AvgIpc) is 2.73. The Morgan fingerprint density at radius 2 is 1.89 bits per heavy atom. The van der Waals surface area contributed by atoms with E-state index in [0.717, 1.165) is 26.8 Å². The van der Waals surface area contributed by atoms with E-state index in [-0.39, 0.29) is 0 Å². The molecular weight excluding hydrogens is 292 g/mol. The lowest BCUT2D eigenvalue weighted by molar-refractivity contribution is 0.623. The molecule has 0 atom stereocenters. The molecule has 0 saturated carbocycles. The van der Waals surface area contributed by atoms with Gasteiger partial charge in [0, 0.05) is 10.2 Å². The summed E-state index contributed by atoms with van der Waals surface area (Å²) in [6.45, 7) is 2.03. The Balaban J connectivity index is 1.92. The van der Waals surface area contributed by atoms with Crippen LogP contribution in [0.3, 0.4) is 0 Å². The van der Waals surface area contributed by atoms with Gasteiger partial charge in [-0.2, -0.15) is 4.98 Å². The maximum atomic E-state index is 5.65. The Bertz CT molecular complexity index is 689. The zero-order chi connectivity index (χ0) is 12.5. The molecule has 2 aromatic carbocycles. The molecule has 0 aliphatic heterocycles. The van der Waals surface area contributed by atoms with Crippen LogP contribution < -0.4 is 5.32 Å². The van der Waals surface area contributed by atoms with Gasteiger partial charge in [-0.05, 0) is 48.9 Å². The number of rotatable bonds is 2. The van der Waals surface area contributed by atoms with E-state index in [0.29, 0.717) is 6.01 Å². The van der Waals surface area contributed by atoms with Crippen molar-refractivity contribution in [3.05, 3.63) is 52.5 Å². The van der Waals surface area contributed by atoms with Crippen LogP contribution in [-0.4, -0.2) is 4.98 Å². The maximum Gasteiger partial charge on any atom is 0.300 e. The molecule has 18 heavy (non-hydrogen) atoms. The average molecular weight is 303 g/mol. The Hall–Kier alpha value is -1.81. The van der Waals surface area contributed by atoms with Crippen molar-refractivity contribution in [1.82, 2.24) is 4.98 Å². The summed E-state index contributed by atoms with van der Waals surface area (Å²) < 4.78 is 6.69. The molecule has 90 valence electrons. The molecule has 1 heterocycles. The van der Waals surface area contributed by atoms with Crippen molar-refractivity contribution in [2.75, 3.05) is 5.32 Å². The highest BCUT2D eigenvalue weighted by Gasteiger charge is 2.05. The molecule has 0 aliphatic rings. The van der Waals surface area contributed by atoms with Crippen LogP contribution >= 0.6 is 15.9 Å². The highest BCUT2D eigenvalue weighted by Crippen LogP contribution is 2.23. The smallest absolute Gasteiger partial charge is 0.300 e. The van der Waals surface area contributed by atoms with Gasteiger partial charge in [0.2, 0.25) is 0 Å². The number of nitrogens with zero attached hydrogens (tertiary/aromatic N) is 1. The zero-order valence-electron chi connectivity index (χ0n) is 9.77. The van der Waals surface area contributed by atoms with E-state index in [1.165, 1.54) is 0 Å². The molecule has 0 amide bonds. The molecular formula is C14H11BrN2O. The number of fused-ring (bicyclic) bond motifs is 1. The van der Waals surface area contributed by atoms with Gasteiger partial charge in [-0.25, -0.2) is 0 Å². The minimum absolute atomic E-state index is 0.512.